The fraction of sp³-hybridized carbons (Fsp3) is 1.00. The summed E-state index contributed by atoms with van der Waals surface area (Å²) >= 11 is 0. The van der Waals surface area contributed by atoms with Gasteiger partial charge in [0.05, 0.1) is 0 Å². The first kappa shape index (κ1) is 12.9. The van der Waals surface area contributed by atoms with Crippen molar-refractivity contribution in [3.8, 4) is 0 Å². The quantitative estimate of drug-likeness (QED) is 0.810. The van der Waals surface area contributed by atoms with Crippen LogP contribution < -0.4 is 5.32 Å². The van der Waals surface area contributed by atoms with Crippen molar-refractivity contribution < 1.29 is 0 Å². The molecule has 1 saturated heterocycles. The summed E-state index contributed by atoms with van der Waals surface area (Å²) < 4.78 is 0. The number of nitrogens with one attached hydrogen (secondary N) is 1. The summed E-state index contributed by atoms with van der Waals surface area (Å²) in [5.74, 6) is 0.771. The van der Waals surface area contributed by atoms with Gasteiger partial charge in [-0.15, -0.1) is 0 Å². The minimum Gasteiger partial charge on any atom is -0.308 e. The Hall–Kier alpha value is -0.0800. The molecule has 1 N–H and O–H groups in total. The molecule has 1 spiro atoms. The third-order valence-corrected chi connectivity index (χ3v) is 5.79. The van der Waals surface area contributed by atoms with Crippen molar-refractivity contribution in [2.24, 2.45) is 11.3 Å². The smallest absolute Gasteiger partial charge is 0.0309 e. The van der Waals surface area contributed by atoms with E-state index < -0.39 is 0 Å². The minimum absolute atomic E-state index is 0.476. The standard InChI is InChI=1S/C16H30N2/c1-12(2)13-10-17-16(7-5-6-8-16)11-18(13)14-9-15(14,3)4/h12-14,17H,5-11H2,1-4H3. The molecule has 2 heteroatoms. The zero-order valence-corrected chi connectivity index (χ0v) is 12.6. The summed E-state index contributed by atoms with van der Waals surface area (Å²) in [4.78, 5) is 2.88. The Morgan fingerprint density at radius 1 is 1.17 bits per heavy atom. The average Bonchev–Trinajstić information content (AvgIpc) is 2.71. The lowest BCUT2D eigenvalue weighted by atomic mass is 9.88. The first-order valence-corrected chi connectivity index (χ1v) is 7.94. The molecule has 0 aromatic carbocycles. The SMILES string of the molecule is CC(C)C1CNC2(CCCC2)CN1C1CC1(C)C. The molecule has 104 valence electrons. The second-order valence-electron chi connectivity index (χ2n) is 8.06. The highest BCUT2D eigenvalue weighted by molar-refractivity contribution is 5.10. The first-order chi connectivity index (χ1) is 8.44. The van der Waals surface area contributed by atoms with Crippen molar-refractivity contribution in [3.63, 3.8) is 0 Å². The van der Waals surface area contributed by atoms with Gasteiger partial charge in [0.2, 0.25) is 0 Å². The molecule has 2 aliphatic carbocycles. The highest BCUT2D eigenvalue weighted by Gasteiger charge is 2.54. The number of nitrogens with zero attached hydrogens (tertiary/aromatic N) is 1. The Kier molecular flexibility index (Phi) is 3.02. The topological polar surface area (TPSA) is 15.3 Å². The van der Waals surface area contributed by atoms with Crippen LogP contribution in [-0.4, -0.2) is 35.6 Å². The third-order valence-electron chi connectivity index (χ3n) is 5.79. The summed E-state index contributed by atoms with van der Waals surface area (Å²) in [6.45, 7) is 12.2. The lowest BCUT2D eigenvalue weighted by Crippen LogP contribution is -2.65. The van der Waals surface area contributed by atoms with E-state index in [0.29, 0.717) is 11.0 Å². The number of rotatable bonds is 2. The molecule has 0 bridgehead atoms. The fourth-order valence-corrected chi connectivity index (χ4v) is 4.31. The average molecular weight is 250 g/mol. The maximum atomic E-state index is 3.92. The molecule has 1 aliphatic heterocycles. The van der Waals surface area contributed by atoms with Crippen LogP contribution in [0.5, 0.6) is 0 Å². The Balaban J connectivity index is 1.76. The van der Waals surface area contributed by atoms with E-state index in [2.05, 4.69) is 37.9 Å². The van der Waals surface area contributed by atoms with Gasteiger partial charge in [0.25, 0.3) is 0 Å². The Morgan fingerprint density at radius 2 is 1.78 bits per heavy atom. The molecule has 2 unspecified atom stereocenters. The van der Waals surface area contributed by atoms with E-state index in [1.165, 1.54) is 45.2 Å². The number of hydrogen-bond acceptors (Lipinski definition) is 2. The van der Waals surface area contributed by atoms with Gasteiger partial charge in [-0.2, -0.15) is 0 Å². The Labute approximate surface area is 113 Å². The molecule has 0 aromatic heterocycles. The largest absolute Gasteiger partial charge is 0.308 e. The summed E-state index contributed by atoms with van der Waals surface area (Å²) in [5.41, 5.74) is 1.05. The van der Waals surface area contributed by atoms with E-state index in [-0.39, 0.29) is 0 Å². The molecule has 0 radical (unpaired) electrons. The lowest BCUT2D eigenvalue weighted by molar-refractivity contribution is 0.0413. The second-order valence-corrected chi connectivity index (χ2v) is 8.06. The van der Waals surface area contributed by atoms with Crippen LogP contribution in [0.25, 0.3) is 0 Å². The number of hydrogen-bond donors (Lipinski definition) is 1. The van der Waals surface area contributed by atoms with Crippen LogP contribution in [0.4, 0.5) is 0 Å². The molecule has 0 amide bonds. The van der Waals surface area contributed by atoms with Gasteiger partial charge in [-0.1, -0.05) is 40.5 Å². The highest BCUT2D eigenvalue weighted by Crippen LogP contribution is 2.51. The summed E-state index contributed by atoms with van der Waals surface area (Å²) in [6, 6.07) is 1.60. The van der Waals surface area contributed by atoms with E-state index in [1.807, 2.05) is 0 Å². The molecular weight excluding hydrogens is 220 g/mol. The van der Waals surface area contributed by atoms with E-state index in [4.69, 9.17) is 0 Å². The summed E-state index contributed by atoms with van der Waals surface area (Å²) in [7, 11) is 0. The van der Waals surface area contributed by atoms with Crippen molar-refractivity contribution in [3.05, 3.63) is 0 Å². The van der Waals surface area contributed by atoms with Crippen molar-refractivity contribution in [2.75, 3.05) is 13.1 Å². The van der Waals surface area contributed by atoms with Gasteiger partial charge in [0.15, 0.2) is 0 Å². The maximum absolute atomic E-state index is 3.92. The van der Waals surface area contributed by atoms with Crippen molar-refractivity contribution in [2.45, 2.75) is 77.4 Å². The molecule has 18 heavy (non-hydrogen) atoms. The Bertz CT molecular complexity index is 315. The molecular formula is C16H30N2. The van der Waals surface area contributed by atoms with Gasteiger partial charge in [0, 0.05) is 30.7 Å². The van der Waals surface area contributed by atoms with Crippen LogP contribution in [0.1, 0.15) is 59.8 Å². The fourth-order valence-electron chi connectivity index (χ4n) is 4.31. The van der Waals surface area contributed by atoms with Gasteiger partial charge in [-0.3, -0.25) is 4.90 Å². The molecule has 2 saturated carbocycles. The lowest BCUT2D eigenvalue weighted by Gasteiger charge is -2.48. The van der Waals surface area contributed by atoms with Gasteiger partial charge in [-0.25, -0.2) is 0 Å². The zero-order chi connectivity index (χ0) is 13.0. The molecule has 1 heterocycles. The van der Waals surface area contributed by atoms with Crippen LogP contribution in [-0.2, 0) is 0 Å². The van der Waals surface area contributed by atoms with Crippen LogP contribution in [0, 0.1) is 11.3 Å². The predicted molar refractivity (Wildman–Crippen MR) is 76.7 cm³/mol. The van der Waals surface area contributed by atoms with Crippen LogP contribution in [0.2, 0.25) is 0 Å². The summed E-state index contributed by atoms with van der Waals surface area (Å²) in [5, 5.41) is 3.92. The van der Waals surface area contributed by atoms with Crippen LogP contribution >= 0.6 is 0 Å². The Morgan fingerprint density at radius 3 is 2.28 bits per heavy atom. The van der Waals surface area contributed by atoms with E-state index in [1.54, 1.807) is 0 Å². The van der Waals surface area contributed by atoms with Crippen LogP contribution in [0.3, 0.4) is 0 Å². The highest BCUT2D eigenvalue weighted by atomic mass is 15.3. The zero-order valence-electron chi connectivity index (χ0n) is 12.6. The minimum atomic E-state index is 0.476. The monoisotopic (exact) mass is 250 g/mol. The molecule has 2 nitrogen and oxygen atoms in total. The van der Waals surface area contributed by atoms with Gasteiger partial charge in [-0.05, 0) is 30.6 Å². The normalized spacial score (nSPS) is 38.5. The summed E-state index contributed by atoms with van der Waals surface area (Å²) in [6.07, 6.45) is 7.08. The van der Waals surface area contributed by atoms with Crippen molar-refractivity contribution in [1.82, 2.24) is 10.2 Å². The molecule has 3 fully saturated rings. The maximum Gasteiger partial charge on any atom is 0.0309 e. The van der Waals surface area contributed by atoms with Crippen molar-refractivity contribution >= 4 is 0 Å². The first-order valence-electron chi connectivity index (χ1n) is 7.94. The molecule has 3 rings (SSSR count). The van der Waals surface area contributed by atoms with E-state index >= 15 is 0 Å². The van der Waals surface area contributed by atoms with Crippen LogP contribution in [0.15, 0.2) is 0 Å². The molecule has 3 aliphatic rings. The van der Waals surface area contributed by atoms with Gasteiger partial charge in [0.1, 0.15) is 0 Å². The van der Waals surface area contributed by atoms with Crippen molar-refractivity contribution in [1.29, 1.82) is 0 Å². The number of piperazine rings is 1. The van der Waals surface area contributed by atoms with Gasteiger partial charge < -0.3 is 5.32 Å². The van der Waals surface area contributed by atoms with E-state index in [9.17, 15) is 0 Å². The molecule has 2 atom stereocenters. The third kappa shape index (κ3) is 2.12. The molecule has 0 aromatic rings. The second kappa shape index (κ2) is 4.21. The van der Waals surface area contributed by atoms with E-state index in [0.717, 1.165) is 18.0 Å². The predicted octanol–water partition coefficient (Wildman–Crippen LogP) is 3.03. The van der Waals surface area contributed by atoms with Gasteiger partial charge >= 0.3 is 0 Å².